The van der Waals surface area contributed by atoms with E-state index in [0.717, 1.165) is 0 Å². The van der Waals surface area contributed by atoms with Gasteiger partial charge in [-0.15, -0.1) is 0 Å². The fourth-order valence-electron chi connectivity index (χ4n) is 3.52. The highest BCUT2D eigenvalue weighted by molar-refractivity contribution is 5.92. The van der Waals surface area contributed by atoms with Gasteiger partial charge in [-0.25, -0.2) is 0 Å². The third kappa shape index (κ3) is 2.17. The summed E-state index contributed by atoms with van der Waals surface area (Å²) in [6.45, 7) is 5.80. The van der Waals surface area contributed by atoms with E-state index >= 15 is 0 Å². The molecule has 1 saturated carbocycles. The maximum atomic E-state index is 12.5. The summed E-state index contributed by atoms with van der Waals surface area (Å²) in [5.41, 5.74) is -0.543. The van der Waals surface area contributed by atoms with Crippen molar-refractivity contribution in [3.05, 3.63) is 0 Å². The van der Waals surface area contributed by atoms with E-state index in [1.54, 1.807) is 25.7 Å². The molecule has 1 heterocycles. The van der Waals surface area contributed by atoms with E-state index in [0.29, 0.717) is 19.4 Å². The molecular weight excluding hydrogens is 262 g/mol. The zero-order valence-electron chi connectivity index (χ0n) is 12.0. The summed E-state index contributed by atoms with van der Waals surface area (Å²) in [6.07, 6.45) is 1.22. The SMILES string of the molecule is C[C@@H]1[C@H](C(=O)O)CCCN1C(=O)[C@@H]1[C@H](C(=O)O)C1(C)C. The van der Waals surface area contributed by atoms with Gasteiger partial charge in [0.2, 0.25) is 5.91 Å². The molecule has 1 saturated heterocycles. The van der Waals surface area contributed by atoms with Crippen molar-refractivity contribution in [3.63, 3.8) is 0 Å². The topological polar surface area (TPSA) is 94.9 Å². The van der Waals surface area contributed by atoms with Crippen LogP contribution in [0.1, 0.15) is 33.6 Å². The van der Waals surface area contributed by atoms with E-state index in [1.807, 2.05) is 0 Å². The zero-order chi connectivity index (χ0) is 15.2. The van der Waals surface area contributed by atoms with Crippen molar-refractivity contribution in [1.29, 1.82) is 0 Å². The molecule has 6 nitrogen and oxygen atoms in total. The van der Waals surface area contributed by atoms with Gasteiger partial charge >= 0.3 is 11.9 Å². The molecule has 112 valence electrons. The second kappa shape index (κ2) is 4.75. The predicted molar refractivity (Wildman–Crippen MR) is 69.9 cm³/mol. The molecule has 20 heavy (non-hydrogen) atoms. The van der Waals surface area contributed by atoms with Crippen LogP contribution >= 0.6 is 0 Å². The Hall–Kier alpha value is -1.59. The Morgan fingerprint density at radius 3 is 2.15 bits per heavy atom. The van der Waals surface area contributed by atoms with Crippen molar-refractivity contribution < 1.29 is 24.6 Å². The summed E-state index contributed by atoms with van der Waals surface area (Å²) in [5, 5.41) is 18.3. The summed E-state index contributed by atoms with van der Waals surface area (Å²) < 4.78 is 0. The van der Waals surface area contributed by atoms with E-state index in [4.69, 9.17) is 5.11 Å². The molecule has 1 amide bonds. The third-order valence-electron chi connectivity index (χ3n) is 4.95. The number of hydrogen-bond acceptors (Lipinski definition) is 3. The number of aliphatic carboxylic acids is 2. The van der Waals surface area contributed by atoms with E-state index < -0.39 is 35.1 Å². The number of carboxylic acids is 2. The van der Waals surface area contributed by atoms with Crippen LogP contribution in [0.5, 0.6) is 0 Å². The van der Waals surface area contributed by atoms with Gasteiger partial charge < -0.3 is 15.1 Å². The Balaban J connectivity index is 2.14. The number of hydrogen-bond donors (Lipinski definition) is 2. The number of piperidine rings is 1. The van der Waals surface area contributed by atoms with Gasteiger partial charge in [0.1, 0.15) is 0 Å². The fourth-order valence-corrected chi connectivity index (χ4v) is 3.52. The highest BCUT2D eigenvalue weighted by Gasteiger charge is 2.67. The molecule has 2 fully saturated rings. The molecule has 0 unspecified atom stereocenters. The lowest BCUT2D eigenvalue weighted by Gasteiger charge is -2.38. The Bertz CT molecular complexity index is 458. The highest BCUT2D eigenvalue weighted by atomic mass is 16.4. The molecule has 0 aromatic rings. The van der Waals surface area contributed by atoms with Gasteiger partial charge in [-0.2, -0.15) is 0 Å². The van der Waals surface area contributed by atoms with Gasteiger partial charge in [0.25, 0.3) is 0 Å². The summed E-state index contributed by atoms with van der Waals surface area (Å²) in [7, 11) is 0. The predicted octanol–water partition coefficient (Wildman–Crippen LogP) is 1.05. The minimum Gasteiger partial charge on any atom is -0.481 e. The Morgan fingerprint density at radius 1 is 1.10 bits per heavy atom. The van der Waals surface area contributed by atoms with Crippen LogP contribution in [0.25, 0.3) is 0 Å². The number of likely N-dealkylation sites (tertiary alicyclic amines) is 1. The largest absolute Gasteiger partial charge is 0.481 e. The molecule has 0 bridgehead atoms. The molecule has 0 aromatic heterocycles. The summed E-state index contributed by atoms with van der Waals surface area (Å²) in [5.74, 6) is -3.80. The first-order valence-electron chi connectivity index (χ1n) is 6.95. The first kappa shape index (κ1) is 14.8. The lowest BCUT2D eigenvalue weighted by Crippen LogP contribution is -2.50. The zero-order valence-corrected chi connectivity index (χ0v) is 12.0. The second-order valence-corrected chi connectivity index (χ2v) is 6.47. The molecule has 1 aliphatic heterocycles. The standard InChI is InChI=1S/C14H21NO5/c1-7-8(12(17)18)5-4-6-15(7)11(16)9-10(13(19)20)14(9,2)3/h7-10H,4-6H2,1-3H3,(H,17,18)(H,19,20)/t7-,8-,9+,10-/m1/s1. The number of nitrogens with zero attached hydrogens (tertiary/aromatic N) is 1. The van der Waals surface area contributed by atoms with Crippen molar-refractivity contribution in [2.24, 2.45) is 23.2 Å². The number of carbonyl (C=O) groups excluding carboxylic acids is 1. The first-order chi connectivity index (χ1) is 9.19. The molecule has 6 heteroatoms. The Labute approximate surface area is 117 Å². The normalized spacial score (nSPS) is 35.5. The minimum absolute atomic E-state index is 0.208. The van der Waals surface area contributed by atoms with Gasteiger partial charge in [0, 0.05) is 12.6 Å². The maximum absolute atomic E-state index is 12.5. The van der Waals surface area contributed by atoms with Crippen LogP contribution in [0.15, 0.2) is 0 Å². The van der Waals surface area contributed by atoms with E-state index in [9.17, 15) is 19.5 Å². The minimum atomic E-state index is -0.951. The van der Waals surface area contributed by atoms with Gasteiger partial charge in [0.15, 0.2) is 0 Å². The maximum Gasteiger partial charge on any atom is 0.308 e. The van der Waals surface area contributed by atoms with Crippen LogP contribution < -0.4 is 0 Å². The van der Waals surface area contributed by atoms with Gasteiger partial charge in [-0.05, 0) is 25.2 Å². The molecule has 0 aromatic carbocycles. The quantitative estimate of drug-likeness (QED) is 0.807. The highest BCUT2D eigenvalue weighted by Crippen LogP contribution is 2.59. The van der Waals surface area contributed by atoms with Crippen LogP contribution in [0.4, 0.5) is 0 Å². The summed E-state index contributed by atoms with van der Waals surface area (Å²) >= 11 is 0. The first-order valence-corrected chi connectivity index (χ1v) is 6.95. The van der Waals surface area contributed by atoms with E-state index in [2.05, 4.69) is 0 Å². The van der Waals surface area contributed by atoms with Gasteiger partial charge in [-0.3, -0.25) is 14.4 Å². The molecule has 2 aliphatic rings. The van der Waals surface area contributed by atoms with Gasteiger partial charge in [0.05, 0.1) is 17.8 Å². The molecular formula is C14H21NO5. The fraction of sp³-hybridized carbons (Fsp3) is 0.786. The lowest BCUT2D eigenvalue weighted by atomic mass is 9.89. The molecule has 2 N–H and O–H groups in total. The molecule has 0 radical (unpaired) electrons. The third-order valence-corrected chi connectivity index (χ3v) is 4.95. The number of carboxylic acid groups (broad SMARTS) is 2. The number of amides is 1. The monoisotopic (exact) mass is 283 g/mol. The van der Waals surface area contributed by atoms with Crippen LogP contribution in [0.2, 0.25) is 0 Å². The summed E-state index contributed by atoms with van der Waals surface area (Å²) in [6, 6.07) is -0.375. The van der Waals surface area contributed by atoms with Crippen LogP contribution in [0.3, 0.4) is 0 Å². The van der Waals surface area contributed by atoms with Crippen molar-refractivity contribution in [2.75, 3.05) is 6.54 Å². The number of carbonyl (C=O) groups is 3. The Kier molecular flexibility index (Phi) is 3.52. The van der Waals surface area contributed by atoms with Crippen LogP contribution in [0, 0.1) is 23.2 Å². The second-order valence-electron chi connectivity index (χ2n) is 6.47. The number of rotatable bonds is 3. The van der Waals surface area contributed by atoms with Crippen molar-refractivity contribution in [1.82, 2.24) is 4.90 Å². The molecule has 0 spiro atoms. The van der Waals surface area contributed by atoms with Crippen molar-refractivity contribution >= 4 is 17.8 Å². The average molecular weight is 283 g/mol. The van der Waals surface area contributed by atoms with Crippen LogP contribution in [-0.2, 0) is 14.4 Å². The smallest absolute Gasteiger partial charge is 0.308 e. The van der Waals surface area contributed by atoms with Crippen LogP contribution in [-0.4, -0.2) is 45.5 Å². The molecule has 4 atom stereocenters. The average Bonchev–Trinajstić information content (AvgIpc) is 2.91. The van der Waals surface area contributed by atoms with Gasteiger partial charge in [-0.1, -0.05) is 13.8 Å². The molecule has 2 rings (SSSR count). The molecule has 1 aliphatic carbocycles. The summed E-state index contributed by atoms with van der Waals surface area (Å²) in [4.78, 5) is 36.5. The Morgan fingerprint density at radius 2 is 1.70 bits per heavy atom. The van der Waals surface area contributed by atoms with E-state index in [1.165, 1.54) is 0 Å². The lowest BCUT2D eigenvalue weighted by molar-refractivity contribution is -0.151. The van der Waals surface area contributed by atoms with Crippen molar-refractivity contribution in [2.45, 2.75) is 39.7 Å². The van der Waals surface area contributed by atoms with Crippen molar-refractivity contribution in [3.8, 4) is 0 Å². The van der Waals surface area contributed by atoms with E-state index in [-0.39, 0.29) is 11.9 Å².